The van der Waals surface area contributed by atoms with Crippen LogP contribution < -0.4 is 4.90 Å². The predicted molar refractivity (Wildman–Crippen MR) is 115 cm³/mol. The second-order valence-corrected chi connectivity index (χ2v) is 6.90. The van der Waals surface area contributed by atoms with Crippen LogP contribution in [0.3, 0.4) is 0 Å². The summed E-state index contributed by atoms with van der Waals surface area (Å²) in [5.74, 6) is 1.37. The monoisotopic (exact) mass is 395 g/mol. The zero-order valence-corrected chi connectivity index (χ0v) is 16.7. The van der Waals surface area contributed by atoms with E-state index in [0.717, 1.165) is 41.0 Å². The third kappa shape index (κ3) is 4.03. The van der Waals surface area contributed by atoms with Gasteiger partial charge in [-0.2, -0.15) is 5.26 Å². The summed E-state index contributed by atoms with van der Waals surface area (Å²) >= 11 is 0. The zero-order chi connectivity index (χ0) is 20.8. The molecule has 0 aliphatic rings. The number of benzene rings is 2. The van der Waals surface area contributed by atoms with Crippen LogP contribution in [0.25, 0.3) is 22.5 Å². The van der Waals surface area contributed by atoms with E-state index >= 15 is 0 Å². The van der Waals surface area contributed by atoms with E-state index in [0.29, 0.717) is 17.9 Å². The molecule has 1 N–H and O–H groups in total. The largest absolute Gasteiger partial charge is 0.351 e. The minimum atomic E-state index is 0.595. The van der Waals surface area contributed by atoms with E-state index in [1.54, 1.807) is 12.3 Å². The number of rotatable bonds is 7. The van der Waals surface area contributed by atoms with E-state index in [2.05, 4.69) is 73.8 Å². The van der Waals surface area contributed by atoms with Gasteiger partial charge in [-0.15, -0.1) is 5.10 Å². The molecule has 2 heterocycles. The van der Waals surface area contributed by atoms with Gasteiger partial charge >= 0.3 is 0 Å². The number of aromatic nitrogens is 5. The van der Waals surface area contributed by atoms with E-state index in [4.69, 9.17) is 0 Å². The maximum Gasteiger partial charge on any atom is 0.180 e. The second-order valence-electron chi connectivity index (χ2n) is 6.90. The number of nitrogens with zero attached hydrogens (tertiary/aromatic N) is 6. The molecule has 0 aliphatic carbocycles. The lowest BCUT2D eigenvalue weighted by atomic mass is 9.98. The van der Waals surface area contributed by atoms with Crippen molar-refractivity contribution in [3.8, 4) is 28.6 Å². The number of aromatic amines is 1. The summed E-state index contributed by atoms with van der Waals surface area (Å²) in [7, 11) is 0. The Balaban J connectivity index is 1.61. The quantitative estimate of drug-likeness (QED) is 0.503. The van der Waals surface area contributed by atoms with Crippen LogP contribution >= 0.6 is 0 Å². The molecule has 2 aromatic heterocycles. The predicted octanol–water partition coefficient (Wildman–Crippen LogP) is 4.22. The molecule has 4 rings (SSSR count). The van der Waals surface area contributed by atoms with E-state index in [1.807, 2.05) is 24.3 Å². The summed E-state index contributed by atoms with van der Waals surface area (Å²) in [6.45, 7) is 3.64. The molecule has 2 aromatic carbocycles. The first-order valence-corrected chi connectivity index (χ1v) is 9.82. The van der Waals surface area contributed by atoms with Gasteiger partial charge in [0.2, 0.25) is 0 Å². The Labute approximate surface area is 175 Å². The van der Waals surface area contributed by atoms with Gasteiger partial charge in [0.15, 0.2) is 5.82 Å². The Hall–Kier alpha value is -4.05. The lowest BCUT2D eigenvalue weighted by Gasteiger charge is -2.24. The van der Waals surface area contributed by atoms with Gasteiger partial charge in [0.25, 0.3) is 0 Å². The molecule has 7 heteroatoms. The van der Waals surface area contributed by atoms with Crippen molar-refractivity contribution in [3.63, 3.8) is 0 Å². The van der Waals surface area contributed by atoms with Gasteiger partial charge in [-0.1, -0.05) is 55.5 Å². The van der Waals surface area contributed by atoms with E-state index in [-0.39, 0.29) is 0 Å². The Kier molecular flexibility index (Phi) is 5.76. The van der Waals surface area contributed by atoms with Gasteiger partial charge in [0.05, 0.1) is 5.56 Å². The van der Waals surface area contributed by atoms with Crippen LogP contribution in [0, 0.1) is 11.3 Å². The molecular formula is C23H21N7. The standard InChI is InChI=1S/C23H21N7/c1-2-14-30(23-19(15-24)6-5-13-25-23)16-17-9-11-18(12-10-17)20-7-3-4-8-21(20)22-26-28-29-27-22/h3-13H,2,14,16H2,1H3,(H,26,27,28,29). The summed E-state index contributed by atoms with van der Waals surface area (Å²) in [5, 5.41) is 23.7. The van der Waals surface area contributed by atoms with Crippen LogP contribution in [0.1, 0.15) is 24.5 Å². The number of hydrogen-bond acceptors (Lipinski definition) is 6. The maximum absolute atomic E-state index is 9.44. The number of pyridine rings is 1. The first-order chi connectivity index (χ1) is 14.8. The van der Waals surface area contributed by atoms with Gasteiger partial charge in [0.1, 0.15) is 11.9 Å². The zero-order valence-electron chi connectivity index (χ0n) is 16.7. The number of anilines is 1. The second kappa shape index (κ2) is 8.97. The molecule has 0 aliphatic heterocycles. The number of H-pyrrole nitrogens is 1. The topological polar surface area (TPSA) is 94.4 Å². The van der Waals surface area contributed by atoms with Crippen molar-refractivity contribution in [2.24, 2.45) is 0 Å². The molecule has 0 fully saturated rings. The van der Waals surface area contributed by atoms with Crippen LogP contribution in [0.4, 0.5) is 5.82 Å². The van der Waals surface area contributed by atoms with E-state index in [1.165, 1.54) is 0 Å². The number of hydrogen-bond donors (Lipinski definition) is 1. The van der Waals surface area contributed by atoms with Gasteiger partial charge in [-0.25, -0.2) is 10.1 Å². The fraction of sp³-hybridized carbons (Fsp3) is 0.174. The van der Waals surface area contributed by atoms with Gasteiger partial charge in [-0.05, 0) is 45.7 Å². The normalized spacial score (nSPS) is 10.5. The molecule has 0 unspecified atom stereocenters. The van der Waals surface area contributed by atoms with Crippen molar-refractivity contribution < 1.29 is 0 Å². The summed E-state index contributed by atoms with van der Waals surface area (Å²) in [5.41, 5.74) is 4.85. The van der Waals surface area contributed by atoms with Crippen molar-refractivity contribution in [2.45, 2.75) is 19.9 Å². The lowest BCUT2D eigenvalue weighted by molar-refractivity contribution is 0.753. The molecule has 0 spiro atoms. The number of nitrogens with one attached hydrogen (secondary N) is 1. The van der Waals surface area contributed by atoms with Crippen molar-refractivity contribution in [3.05, 3.63) is 78.0 Å². The molecule has 30 heavy (non-hydrogen) atoms. The highest BCUT2D eigenvalue weighted by Gasteiger charge is 2.14. The lowest BCUT2D eigenvalue weighted by Crippen LogP contribution is -2.25. The average molecular weight is 395 g/mol. The summed E-state index contributed by atoms with van der Waals surface area (Å²) in [6, 6.07) is 22.3. The average Bonchev–Trinajstić information content (AvgIpc) is 3.34. The van der Waals surface area contributed by atoms with Gasteiger partial charge in [0, 0.05) is 24.8 Å². The van der Waals surface area contributed by atoms with Crippen molar-refractivity contribution >= 4 is 5.82 Å². The third-order valence-corrected chi connectivity index (χ3v) is 4.87. The van der Waals surface area contributed by atoms with Crippen molar-refractivity contribution in [1.82, 2.24) is 25.6 Å². The van der Waals surface area contributed by atoms with Gasteiger partial charge < -0.3 is 4.90 Å². The summed E-state index contributed by atoms with van der Waals surface area (Å²) < 4.78 is 0. The Morgan fingerprint density at radius 1 is 1.00 bits per heavy atom. The highest BCUT2D eigenvalue weighted by Crippen LogP contribution is 2.30. The Morgan fingerprint density at radius 3 is 2.50 bits per heavy atom. The minimum Gasteiger partial charge on any atom is -0.351 e. The molecule has 0 atom stereocenters. The maximum atomic E-state index is 9.44. The first kappa shape index (κ1) is 19.3. The molecule has 0 amide bonds. The van der Waals surface area contributed by atoms with Crippen LogP contribution in [0.5, 0.6) is 0 Å². The third-order valence-electron chi connectivity index (χ3n) is 4.87. The summed E-state index contributed by atoms with van der Waals surface area (Å²) in [6.07, 6.45) is 2.70. The number of tetrazole rings is 1. The molecule has 0 saturated heterocycles. The van der Waals surface area contributed by atoms with E-state index < -0.39 is 0 Å². The SMILES string of the molecule is CCCN(Cc1ccc(-c2ccccc2-c2nnn[nH]2)cc1)c1ncccc1C#N. The Morgan fingerprint density at radius 2 is 1.80 bits per heavy atom. The molecule has 148 valence electrons. The van der Waals surface area contributed by atoms with Crippen molar-refractivity contribution in [1.29, 1.82) is 5.26 Å². The molecule has 0 radical (unpaired) electrons. The van der Waals surface area contributed by atoms with Crippen LogP contribution in [0.15, 0.2) is 66.9 Å². The van der Waals surface area contributed by atoms with E-state index in [9.17, 15) is 5.26 Å². The first-order valence-electron chi connectivity index (χ1n) is 9.82. The molecule has 0 saturated carbocycles. The highest BCUT2D eigenvalue weighted by atomic mass is 15.5. The molecule has 0 bridgehead atoms. The molecular weight excluding hydrogens is 374 g/mol. The van der Waals surface area contributed by atoms with Crippen molar-refractivity contribution in [2.75, 3.05) is 11.4 Å². The fourth-order valence-corrected chi connectivity index (χ4v) is 3.49. The smallest absolute Gasteiger partial charge is 0.180 e. The molecule has 7 nitrogen and oxygen atoms in total. The highest BCUT2D eigenvalue weighted by molar-refractivity contribution is 5.80. The van der Waals surface area contributed by atoms with Gasteiger partial charge in [-0.3, -0.25) is 0 Å². The Bertz CT molecular complexity index is 1140. The fourth-order valence-electron chi connectivity index (χ4n) is 3.49. The minimum absolute atomic E-state index is 0.595. The van der Waals surface area contributed by atoms with Crippen LogP contribution in [-0.4, -0.2) is 32.2 Å². The van der Waals surface area contributed by atoms with Crippen LogP contribution in [0.2, 0.25) is 0 Å². The number of nitriles is 1. The molecule has 4 aromatic rings. The summed E-state index contributed by atoms with van der Waals surface area (Å²) in [4.78, 5) is 6.61. The van der Waals surface area contributed by atoms with Crippen LogP contribution in [-0.2, 0) is 6.54 Å².